The third-order valence-electron chi connectivity index (χ3n) is 4.73. The summed E-state index contributed by atoms with van der Waals surface area (Å²) in [5, 5.41) is 8.44. The van der Waals surface area contributed by atoms with Gasteiger partial charge in [-0.05, 0) is 19.1 Å². The van der Waals surface area contributed by atoms with Gasteiger partial charge in [-0.3, -0.25) is 4.79 Å². The summed E-state index contributed by atoms with van der Waals surface area (Å²) in [6, 6.07) is 15.1. The van der Waals surface area contributed by atoms with Gasteiger partial charge >= 0.3 is 0 Å². The van der Waals surface area contributed by atoms with Crippen molar-refractivity contribution in [3.8, 4) is 39.8 Å². The molecule has 6 nitrogen and oxygen atoms in total. The van der Waals surface area contributed by atoms with Gasteiger partial charge in [0.25, 0.3) is 0 Å². The summed E-state index contributed by atoms with van der Waals surface area (Å²) in [5.74, 6) is 1.67. The van der Waals surface area contributed by atoms with Gasteiger partial charge in [0.15, 0.2) is 0 Å². The molecule has 0 spiro atoms. The highest BCUT2D eigenvalue weighted by molar-refractivity contribution is 5.83. The number of nitrogens with zero attached hydrogens (tertiary/aromatic N) is 2. The molecule has 3 heterocycles. The Hall–Kier alpha value is -3.67. The fourth-order valence-electron chi connectivity index (χ4n) is 3.32. The van der Waals surface area contributed by atoms with Gasteiger partial charge in [-0.2, -0.15) is 0 Å². The number of carbonyl (C=O) groups is 1. The molecule has 0 saturated heterocycles. The molecule has 2 aromatic carbocycles. The largest absolute Gasteiger partial charge is 0.488 e. The molecular weight excluding hydrogens is 344 g/mol. The van der Waals surface area contributed by atoms with Crippen molar-refractivity contribution in [1.29, 1.82) is 0 Å². The van der Waals surface area contributed by atoms with E-state index in [9.17, 15) is 4.79 Å². The van der Waals surface area contributed by atoms with Crippen LogP contribution < -0.4 is 4.74 Å². The molecule has 6 heteroatoms. The number of rotatable bonds is 3. The first-order valence-electron chi connectivity index (χ1n) is 8.49. The van der Waals surface area contributed by atoms with Crippen LogP contribution in [-0.4, -0.2) is 16.6 Å². The quantitative estimate of drug-likeness (QED) is 0.495. The van der Waals surface area contributed by atoms with Crippen LogP contribution in [0, 0.1) is 6.92 Å². The van der Waals surface area contributed by atoms with Crippen molar-refractivity contribution >= 4 is 6.29 Å². The fourth-order valence-corrected chi connectivity index (χ4v) is 3.32. The van der Waals surface area contributed by atoms with Crippen LogP contribution in [0.15, 0.2) is 57.6 Å². The number of fused-ring (bicyclic) bond motifs is 3. The van der Waals surface area contributed by atoms with Gasteiger partial charge in [-0.15, -0.1) is 0 Å². The number of hydrogen-bond donors (Lipinski definition) is 0. The van der Waals surface area contributed by atoms with E-state index in [2.05, 4.69) is 10.3 Å². The van der Waals surface area contributed by atoms with E-state index >= 15 is 0 Å². The molecule has 0 amide bonds. The predicted molar refractivity (Wildman–Crippen MR) is 97.3 cm³/mol. The molecule has 1 aliphatic rings. The monoisotopic (exact) mass is 358 g/mol. The van der Waals surface area contributed by atoms with E-state index in [1.807, 2.05) is 43.3 Å². The standard InChI is InChI=1S/C21H14N2O4/c1-12-18(14-5-3-2-4-6-14)22-26-20(12)21-16-11-25-17-9-13(10-24)7-8-15(17)19(16)23-27-21/h2-10H,11H2,1H3. The zero-order chi connectivity index (χ0) is 18.4. The van der Waals surface area contributed by atoms with Crippen LogP contribution in [-0.2, 0) is 6.61 Å². The topological polar surface area (TPSA) is 78.4 Å². The van der Waals surface area contributed by atoms with Gasteiger partial charge in [0.1, 0.15) is 30.0 Å². The van der Waals surface area contributed by atoms with E-state index in [4.69, 9.17) is 13.8 Å². The highest BCUT2D eigenvalue weighted by Crippen LogP contribution is 2.43. The molecule has 0 saturated carbocycles. The second-order valence-corrected chi connectivity index (χ2v) is 6.35. The minimum atomic E-state index is 0.282. The third kappa shape index (κ3) is 2.38. The van der Waals surface area contributed by atoms with Crippen molar-refractivity contribution in [2.45, 2.75) is 13.5 Å². The summed E-state index contributed by atoms with van der Waals surface area (Å²) in [4.78, 5) is 11.0. The Bertz CT molecular complexity index is 1160. The highest BCUT2D eigenvalue weighted by Gasteiger charge is 2.30. The van der Waals surface area contributed by atoms with Crippen molar-refractivity contribution in [2.24, 2.45) is 0 Å². The Morgan fingerprint density at radius 2 is 1.74 bits per heavy atom. The van der Waals surface area contributed by atoms with Crippen LogP contribution >= 0.6 is 0 Å². The molecule has 0 atom stereocenters. The van der Waals surface area contributed by atoms with Crippen LogP contribution in [0.1, 0.15) is 21.5 Å². The average molecular weight is 358 g/mol. The van der Waals surface area contributed by atoms with Gasteiger partial charge in [0.2, 0.25) is 11.5 Å². The zero-order valence-corrected chi connectivity index (χ0v) is 14.4. The van der Waals surface area contributed by atoms with Crippen LogP contribution in [0.4, 0.5) is 0 Å². The Morgan fingerprint density at radius 3 is 2.56 bits per heavy atom. The first-order chi connectivity index (χ1) is 13.3. The van der Waals surface area contributed by atoms with E-state index in [1.54, 1.807) is 12.1 Å². The van der Waals surface area contributed by atoms with E-state index in [0.29, 0.717) is 28.5 Å². The number of ether oxygens (including phenoxy) is 1. The molecule has 0 radical (unpaired) electrons. The van der Waals surface area contributed by atoms with Crippen LogP contribution in [0.25, 0.3) is 34.0 Å². The van der Waals surface area contributed by atoms with Crippen molar-refractivity contribution in [3.05, 3.63) is 65.2 Å². The predicted octanol–water partition coefficient (Wildman–Crippen LogP) is 4.68. The number of hydrogen-bond acceptors (Lipinski definition) is 6. The van der Waals surface area contributed by atoms with E-state index in [-0.39, 0.29) is 6.61 Å². The van der Waals surface area contributed by atoms with Gasteiger partial charge in [0.05, 0.1) is 5.56 Å². The van der Waals surface area contributed by atoms with Crippen molar-refractivity contribution in [2.75, 3.05) is 0 Å². The van der Waals surface area contributed by atoms with E-state index < -0.39 is 0 Å². The summed E-state index contributed by atoms with van der Waals surface area (Å²) in [6.45, 7) is 2.22. The number of aromatic nitrogens is 2. The lowest BCUT2D eigenvalue weighted by atomic mass is 9.99. The second kappa shape index (κ2) is 5.95. The van der Waals surface area contributed by atoms with Gasteiger partial charge in [-0.1, -0.05) is 46.7 Å². The smallest absolute Gasteiger partial charge is 0.212 e. The first kappa shape index (κ1) is 15.6. The molecule has 4 aromatic rings. The van der Waals surface area contributed by atoms with Gasteiger partial charge in [0, 0.05) is 22.3 Å². The van der Waals surface area contributed by atoms with E-state index in [1.165, 1.54) is 0 Å². The average Bonchev–Trinajstić information content (AvgIpc) is 3.31. The molecule has 0 fully saturated rings. The molecule has 0 bridgehead atoms. The summed E-state index contributed by atoms with van der Waals surface area (Å²) >= 11 is 0. The fraction of sp³-hybridized carbons (Fsp3) is 0.0952. The first-order valence-corrected chi connectivity index (χ1v) is 8.49. The Kier molecular flexibility index (Phi) is 3.43. The minimum Gasteiger partial charge on any atom is -0.488 e. The second-order valence-electron chi connectivity index (χ2n) is 6.35. The molecule has 132 valence electrons. The van der Waals surface area contributed by atoms with Gasteiger partial charge in [-0.25, -0.2) is 0 Å². The summed E-state index contributed by atoms with van der Waals surface area (Å²) in [5.41, 5.74) is 5.46. The Labute approximate surface area is 154 Å². The lowest BCUT2D eigenvalue weighted by Gasteiger charge is -2.16. The van der Waals surface area contributed by atoms with Crippen molar-refractivity contribution < 1.29 is 18.6 Å². The van der Waals surface area contributed by atoms with Crippen LogP contribution in [0.2, 0.25) is 0 Å². The molecule has 0 aliphatic carbocycles. The normalized spacial score (nSPS) is 12.2. The molecule has 1 aliphatic heterocycles. The molecular formula is C21H14N2O4. The molecule has 0 unspecified atom stereocenters. The Morgan fingerprint density at radius 1 is 0.963 bits per heavy atom. The maximum Gasteiger partial charge on any atom is 0.212 e. The zero-order valence-electron chi connectivity index (χ0n) is 14.4. The van der Waals surface area contributed by atoms with Gasteiger partial charge < -0.3 is 13.8 Å². The molecule has 5 rings (SSSR count). The lowest BCUT2D eigenvalue weighted by molar-refractivity contribution is 0.112. The number of aldehydes is 1. The summed E-state index contributed by atoms with van der Waals surface area (Å²) < 4.78 is 17.0. The lowest BCUT2D eigenvalue weighted by Crippen LogP contribution is -2.05. The number of carbonyl (C=O) groups excluding carboxylic acids is 1. The maximum absolute atomic E-state index is 11.0. The van der Waals surface area contributed by atoms with Crippen molar-refractivity contribution in [3.63, 3.8) is 0 Å². The molecule has 27 heavy (non-hydrogen) atoms. The van der Waals surface area contributed by atoms with Crippen LogP contribution in [0.5, 0.6) is 5.75 Å². The SMILES string of the molecule is Cc1c(-c2ccccc2)noc1-c1onc2c1COc1cc(C=O)ccc1-2. The Balaban J connectivity index is 1.61. The van der Waals surface area contributed by atoms with Crippen LogP contribution in [0.3, 0.4) is 0 Å². The summed E-state index contributed by atoms with van der Waals surface area (Å²) in [6.07, 6.45) is 0.788. The highest BCUT2D eigenvalue weighted by atomic mass is 16.5. The maximum atomic E-state index is 11.0. The molecule has 0 N–H and O–H groups in total. The minimum absolute atomic E-state index is 0.282. The van der Waals surface area contributed by atoms with E-state index in [0.717, 1.165) is 34.2 Å². The third-order valence-corrected chi connectivity index (χ3v) is 4.73. The number of benzene rings is 2. The summed E-state index contributed by atoms with van der Waals surface area (Å²) in [7, 11) is 0. The van der Waals surface area contributed by atoms with Crippen molar-refractivity contribution in [1.82, 2.24) is 10.3 Å². The molecule has 2 aromatic heterocycles.